The monoisotopic (exact) mass is 605 g/mol. The number of phenols is 1. The molecule has 12 N–H and O–H groups in total. The lowest BCUT2D eigenvalue weighted by Crippen LogP contribution is -2.58. The molecule has 0 saturated heterocycles. The number of nitrogens with one attached hydrogen (secondary N) is 4. The molecule has 0 aliphatic carbocycles. The average molecular weight is 606 g/mol. The minimum Gasteiger partial charge on any atom is -0.508 e. The third kappa shape index (κ3) is 12.1. The number of thioether (sulfide) groups is 1. The number of aliphatic carboxylic acids is 1. The van der Waals surface area contributed by atoms with Gasteiger partial charge in [-0.3, -0.25) is 19.4 Å². The van der Waals surface area contributed by atoms with Gasteiger partial charge < -0.3 is 48.3 Å². The third-order valence-electron chi connectivity index (χ3n) is 6.14. The van der Waals surface area contributed by atoms with Crippen LogP contribution in [-0.2, 0) is 32.0 Å². The lowest BCUT2D eigenvalue weighted by molar-refractivity contribution is -0.142. The summed E-state index contributed by atoms with van der Waals surface area (Å²) in [6, 6.07) is 1.67. The van der Waals surface area contributed by atoms with Gasteiger partial charge in [0.1, 0.15) is 23.9 Å². The number of hydrogen-bond donors (Lipinski definition) is 9. The highest BCUT2D eigenvalue weighted by Gasteiger charge is 2.30. The number of rotatable bonds is 18. The van der Waals surface area contributed by atoms with Crippen molar-refractivity contribution < 1.29 is 29.4 Å². The van der Waals surface area contributed by atoms with Gasteiger partial charge in [0, 0.05) is 31.3 Å². The summed E-state index contributed by atoms with van der Waals surface area (Å²) in [7, 11) is 0. The van der Waals surface area contributed by atoms with E-state index in [1.54, 1.807) is 12.1 Å². The molecule has 2 rings (SSSR count). The maximum absolute atomic E-state index is 13.5. The number of benzene rings is 1. The molecular weight excluding hydrogens is 566 g/mol. The van der Waals surface area contributed by atoms with E-state index < -0.39 is 47.9 Å². The first kappa shape index (κ1) is 33.9. The van der Waals surface area contributed by atoms with Gasteiger partial charge in [0.15, 0.2) is 5.96 Å². The van der Waals surface area contributed by atoms with Crippen molar-refractivity contribution in [2.24, 2.45) is 22.2 Å². The number of aromatic amines is 1. The van der Waals surface area contributed by atoms with Gasteiger partial charge in [-0.05, 0) is 49.0 Å². The number of amides is 3. The Labute approximate surface area is 247 Å². The Morgan fingerprint density at radius 2 is 1.62 bits per heavy atom. The van der Waals surface area contributed by atoms with Gasteiger partial charge in [0.25, 0.3) is 0 Å². The Kier molecular flexibility index (Phi) is 14.1. The van der Waals surface area contributed by atoms with Crippen molar-refractivity contribution in [1.29, 1.82) is 0 Å². The van der Waals surface area contributed by atoms with E-state index in [-0.39, 0.29) is 43.9 Å². The van der Waals surface area contributed by atoms with Crippen LogP contribution in [0.4, 0.5) is 0 Å². The largest absolute Gasteiger partial charge is 0.508 e. The van der Waals surface area contributed by atoms with Crippen molar-refractivity contribution in [2.45, 2.75) is 56.3 Å². The molecule has 3 amide bonds. The Balaban J connectivity index is 2.17. The van der Waals surface area contributed by atoms with E-state index in [1.807, 2.05) is 6.26 Å². The predicted molar refractivity (Wildman–Crippen MR) is 158 cm³/mol. The zero-order valence-corrected chi connectivity index (χ0v) is 24.1. The van der Waals surface area contributed by atoms with Crippen molar-refractivity contribution in [2.75, 3.05) is 18.6 Å². The number of hydrogen-bond acceptors (Lipinski definition) is 9. The van der Waals surface area contributed by atoms with Crippen molar-refractivity contribution in [3.8, 4) is 5.75 Å². The molecule has 15 nitrogen and oxygen atoms in total. The van der Waals surface area contributed by atoms with Crippen LogP contribution >= 0.6 is 11.8 Å². The van der Waals surface area contributed by atoms with Gasteiger partial charge in [-0.2, -0.15) is 11.8 Å². The van der Waals surface area contributed by atoms with Gasteiger partial charge >= 0.3 is 5.97 Å². The SMILES string of the molecule is CSCCC(NC(=O)C(Cc1ccc(O)cc1)NC(=O)C(N)Cc1cnc[nH]1)C(=O)NC(CCCN=C(N)N)C(=O)O. The number of carbonyl (C=O) groups is 4. The maximum atomic E-state index is 13.5. The summed E-state index contributed by atoms with van der Waals surface area (Å²) in [5.41, 5.74) is 17.9. The molecule has 1 aromatic carbocycles. The number of aromatic nitrogens is 2. The number of nitrogens with zero attached hydrogens (tertiary/aromatic N) is 2. The standard InChI is InChI=1S/C26H39N9O6S/c1-42-10-8-19(23(38)34-20(25(40)41)3-2-9-31-26(28)29)33-24(39)21(11-15-4-6-17(36)7-5-15)35-22(37)18(27)12-16-13-30-14-32-16/h4-7,13-14,18-21,36H,2-3,8-12,27H2,1H3,(H,30,32)(H,33,39)(H,34,38)(H,35,37)(H,40,41)(H4,28,29,31). The number of H-pyrrole nitrogens is 1. The molecule has 0 aliphatic rings. The van der Waals surface area contributed by atoms with Gasteiger partial charge in [-0.15, -0.1) is 0 Å². The first-order valence-electron chi connectivity index (χ1n) is 13.2. The average Bonchev–Trinajstić information content (AvgIpc) is 3.45. The highest BCUT2D eigenvalue weighted by molar-refractivity contribution is 7.98. The smallest absolute Gasteiger partial charge is 0.326 e. The molecule has 16 heteroatoms. The molecule has 230 valence electrons. The molecule has 4 atom stereocenters. The predicted octanol–water partition coefficient (Wildman–Crippen LogP) is -1.43. The first-order valence-corrected chi connectivity index (χ1v) is 14.6. The van der Waals surface area contributed by atoms with Crippen molar-refractivity contribution in [3.05, 3.63) is 48.0 Å². The molecule has 0 bridgehead atoms. The summed E-state index contributed by atoms with van der Waals surface area (Å²) >= 11 is 1.44. The second kappa shape index (κ2) is 17.5. The van der Waals surface area contributed by atoms with Crippen LogP contribution in [0.5, 0.6) is 5.75 Å². The summed E-state index contributed by atoms with van der Waals surface area (Å²) in [4.78, 5) is 61.9. The summed E-state index contributed by atoms with van der Waals surface area (Å²) < 4.78 is 0. The van der Waals surface area contributed by atoms with Gasteiger partial charge in [-0.25, -0.2) is 9.78 Å². The fourth-order valence-corrected chi connectivity index (χ4v) is 4.36. The number of guanidine groups is 1. The van der Waals surface area contributed by atoms with Crippen LogP contribution in [0.25, 0.3) is 0 Å². The molecule has 1 heterocycles. The number of aromatic hydroxyl groups is 1. The van der Waals surface area contributed by atoms with Crippen LogP contribution in [0.1, 0.15) is 30.5 Å². The minimum absolute atomic E-state index is 0.0328. The Morgan fingerprint density at radius 1 is 0.976 bits per heavy atom. The molecular formula is C26H39N9O6S. The molecule has 0 fully saturated rings. The van der Waals surface area contributed by atoms with E-state index in [1.165, 1.54) is 36.4 Å². The topological polar surface area (TPSA) is 264 Å². The van der Waals surface area contributed by atoms with Crippen molar-refractivity contribution in [3.63, 3.8) is 0 Å². The molecule has 1 aromatic heterocycles. The van der Waals surface area contributed by atoms with E-state index in [0.29, 0.717) is 23.4 Å². The number of carbonyl (C=O) groups excluding carboxylic acids is 3. The van der Waals surface area contributed by atoms with E-state index in [4.69, 9.17) is 17.2 Å². The Morgan fingerprint density at radius 3 is 2.21 bits per heavy atom. The highest BCUT2D eigenvalue weighted by atomic mass is 32.2. The van der Waals surface area contributed by atoms with Crippen LogP contribution in [-0.4, -0.2) is 92.6 Å². The molecule has 0 radical (unpaired) electrons. The zero-order valence-electron chi connectivity index (χ0n) is 23.3. The fourth-order valence-electron chi connectivity index (χ4n) is 3.89. The summed E-state index contributed by atoms with van der Waals surface area (Å²) in [5.74, 6) is -2.78. The molecule has 42 heavy (non-hydrogen) atoms. The minimum atomic E-state index is -1.24. The summed E-state index contributed by atoms with van der Waals surface area (Å²) in [6.07, 6.45) is 5.58. The normalized spacial score (nSPS) is 13.7. The molecule has 0 aliphatic heterocycles. The van der Waals surface area contributed by atoms with Gasteiger partial charge in [0.2, 0.25) is 17.7 Å². The number of phenolic OH excluding ortho intramolecular Hbond substituents is 1. The number of carboxylic acids is 1. The fraction of sp³-hybridized carbons (Fsp3) is 0.462. The second-order valence-corrected chi connectivity index (χ2v) is 10.5. The first-order chi connectivity index (χ1) is 20.0. The van der Waals surface area contributed by atoms with Crippen molar-refractivity contribution >= 4 is 41.4 Å². The lowest BCUT2D eigenvalue weighted by Gasteiger charge is -2.25. The third-order valence-corrected chi connectivity index (χ3v) is 6.79. The Bertz CT molecular complexity index is 1190. The van der Waals surface area contributed by atoms with Crippen LogP contribution in [0.3, 0.4) is 0 Å². The van der Waals surface area contributed by atoms with Crippen LogP contribution in [0, 0.1) is 0 Å². The summed E-state index contributed by atoms with van der Waals surface area (Å²) in [5, 5.41) is 27.0. The van der Waals surface area contributed by atoms with Gasteiger partial charge in [0.05, 0.1) is 12.4 Å². The van der Waals surface area contributed by atoms with Crippen LogP contribution in [0.2, 0.25) is 0 Å². The number of carboxylic acid groups (broad SMARTS) is 1. The van der Waals surface area contributed by atoms with Gasteiger partial charge in [-0.1, -0.05) is 12.1 Å². The molecule has 0 saturated carbocycles. The molecule has 2 aromatic rings. The van der Waals surface area contributed by atoms with Crippen molar-refractivity contribution in [1.82, 2.24) is 25.9 Å². The lowest BCUT2D eigenvalue weighted by atomic mass is 10.0. The Hall–Kier alpha value is -4.31. The molecule has 0 spiro atoms. The quantitative estimate of drug-likeness (QED) is 0.0540. The second-order valence-electron chi connectivity index (χ2n) is 9.51. The number of aliphatic imine (C=N–C) groups is 1. The van der Waals surface area contributed by atoms with E-state index in [9.17, 15) is 29.4 Å². The highest BCUT2D eigenvalue weighted by Crippen LogP contribution is 2.12. The zero-order chi connectivity index (χ0) is 31.1. The number of nitrogens with two attached hydrogens (primary N) is 3. The van der Waals surface area contributed by atoms with E-state index in [0.717, 1.165) is 0 Å². The molecule has 4 unspecified atom stereocenters. The van der Waals surface area contributed by atoms with E-state index in [2.05, 4.69) is 30.9 Å². The van der Waals surface area contributed by atoms with Crippen LogP contribution < -0.4 is 33.2 Å². The van der Waals surface area contributed by atoms with Crippen LogP contribution in [0.15, 0.2) is 41.8 Å². The summed E-state index contributed by atoms with van der Waals surface area (Å²) in [6.45, 7) is 0.190. The maximum Gasteiger partial charge on any atom is 0.326 e. The van der Waals surface area contributed by atoms with E-state index >= 15 is 0 Å². The number of imidazole rings is 1.